The first-order valence-corrected chi connectivity index (χ1v) is 6.92. The van der Waals surface area contributed by atoms with Gasteiger partial charge >= 0.3 is 6.18 Å². The minimum Gasteiger partial charge on any atom is -0.314 e. The highest BCUT2D eigenvalue weighted by Crippen LogP contribution is 2.41. The van der Waals surface area contributed by atoms with Crippen LogP contribution in [0, 0.1) is 0 Å². The standard InChI is InChI=1S/C15H20F3N/c1-2-9-19-12-8-7-11(10-12)13-5-3-4-6-14(13)15(16,17)18/h3-6,11-12,19H,2,7-10H2,1H3. The van der Waals surface area contributed by atoms with Crippen molar-refractivity contribution in [1.82, 2.24) is 5.32 Å². The zero-order chi connectivity index (χ0) is 13.9. The van der Waals surface area contributed by atoms with Gasteiger partial charge in [0.15, 0.2) is 0 Å². The Balaban J connectivity index is 2.11. The third-order valence-corrected chi connectivity index (χ3v) is 3.82. The molecular weight excluding hydrogens is 251 g/mol. The van der Waals surface area contributed by atoms with Crippen molar-refractivity contribution < 1.29 is 13.2 Å². The molecule has 1 aliphatic carbocycles. The van der Waals surface area contributed by atoms with Gasteiger partial charge in [-0.3, -0.25) is 0 Å². The molecule has 0 radical (unpaired) electrons. The first kappa shape index (κ1) is 14.4. The van der Waals surface area contributed by atoms with Crippen molar-refractivity contribution in [3.05, 3.63) is 35.4 Å². The van der Waals surface area contributed by atoms with Crippen molar-refractivity contribution in [2.24, 2.45) is 0 Å². The highest BCUT2D eigenvalue weighted by Gasteiger charge is 2.36. The molecule has 1 aromatic carbocycles. The van der Waals surface area contributed by atoms with Crippen LogP contribution in [0.15, 0.2) is 24.3 Å². The number of hydrogen-bond acceptors (Lipinski definition) is 1. The summed E-state index contributed by atoms with van der Waals surface area (Å²) in [5, 5.41) is 3.41. The van der Waals surface area contributed by atoms with Crippen LogP contribution in [0.3, 0.4) is 0 Å². The quantitative estimate of drug-likeness (QED) is 0.859. The van der Waals surface area contributed by atoms with E-state index in [2.05, 4.69) is 12.2 Å². The lowest BCUT2D eigenvalue weighted by molar-refractivity contribution is -0.138. The van der Waals surface area contributed by atoms with Crippen LogP contribution in [0.1, 0.15) is 49.7 Å². The van der Waals surface area contributed by atoms with Gasteiger partial charge in [0.1, 0.15) is 0 Å². The van der Waals surface area contributed by atoms with E-state index >= 15 is 0 Å². The molecular formula is C15H20F3N. The fourth-order valence-electron chi connectivity index (χ4n) is 2.91. The molecule has 4 heteroatoms. The van der Waals surface area contributed by atoms with Crippen LogP contribution >= 0.6 is 0 Å². The predicted molar refractivity (Wildman–Crippen MR) is 70.1 cm³/mol. The van der Waals surface area contributed by atoms with Crippen LogP contribution in [0.25, 0.3) is 0 Å². The average Bonchev–Trinajstić information content (AvgIpc) is 2.84. The summed E-state index contributed by atoms with van der Waals surface area (Å²) in [7, 11) is 0. The molecule has 106 valence electrons. The highest BCUT2D eigenvalue weighted by atomic mass is 19.4. The van der Waals surface area contributed by atoms with E-state index in [4.69, 9.17) is 0 Å². The number of alkyl halides is 3. The van der Waals surface area contributed by atoms with Gasteiger partial charge in [-0.05, 0) is 49.8 Å². The molecule has 2 rings (SSSR count). The summed E-state index contributed by atoms with van der Waals surface area (Å²) >= 11 is 0. The molecule has 1 aromatic rings. The van der Waals surface area contributed by atoms with E-state index < -0.39 is 11.7 Å². The Morgan fingerprint density at radius 3 is 2.63 bits per heavy atom. The lowest BCUT2D eigenvalue weighted by atomic mass is 9.92. The van der Waals surface area contributed by atoms with E-state index in [1.54, 1.807) is 12.1 Å². The summed E-state index contributed by atoms with van der Waals surface area (Å²) in [6.07, 6.45) is -0.565. The molecule has 1 fully saturated rings. The maximum absolute atomic E-state index is 13.0. The molecule has 1 aliphatic rings. The second kappa shape index (κ2) is 5.95. The zero-order valence-electron chi connectivity index (χ0n) is 11.1. The van der Waals surface area contributed by atoms with Crippen molar-refractivity contribution in [2.45, 2.75) is 50.7 Å². The largest absolute Gasteiger partial charge is 0.416 e. The number of nitrogens with one attached hydrogen (secondary N) is 1. The van der Waals surface area contributed by atoms with Crippen molar-refractivity contribution in [2.75, 3.05) is 6.54 Å². The van der Waals surface area contributed by atoms with Crippen LogP contribution in [0.5, 0.6) is 0 Å². The minimum atomic E-state index is -4.24. The molecule has 0 heterocycles. The zero-order valence-corrected chi connectivity index (χ0v) is 11.1. The molecule has 1 N–H and O–H groups in total. The van der Waals surface area contributed by atoms with Crippen LogP contribution in [-0.4, -0.2) is 12.6 Å². The number of halogens is 3. The summed E-state index contributed by atoms with van der Waals surface area (Å²) in [6, 6.07) is 6.37. The molecule has 0 aromatic heterocycles. The SMILES string of the molecule is CCCNC1CCC(c2ccccc2C(F)(F)F)C1. The summed E-state index contributed by atoms with van der Waals surface area (Å²) in [6.45, 7) is 3.04. The minimum absolute atomic E-state index is 0.0344. The third-order valence-electron chi connectivity index (χ3n) is 3.82. The first-order chi connectivity index (χ1) is 9.02. The maximum Gasteiger partial charge on any atom is 0.416 e. The van der Waals surface area contributed by atoms with E-state index in [0.717, 1.165) is 32.2 Å². The fourth-order valence-corrected chi connectivity index (χ4v) is 2.91. The normalized spacial score (nSPS) is 23.8. The predicted octanol–water partition coefficient (Wildman–Crippen LogP) is 4.34. The van der Waals surface area contributed by atoms with Gasteiger partial charge in [0, 0.05) is 6.04 Å². The highest BCUT2D eigenvalue weighted by molar-refractivity contribution is 5.33. The van der Waals surface area contributed by atoms with E-state index in [0.29, 0.717) is 11.6 Å². The van der Waals surface area contributed by atoms with Crippen molar-refractivity contribution >= 4 is 0 Å². The Labute approximate surface area is 112 Å². The molecule has 2 atom stereocenters. The summed E-state index contributed by atoms with van der Waals surface area (Å²) in [5.41, 5.74) is 0.00643. The van der Waals surface area contributed by atoms with Crippen molar-refractivity contribution in [1.29, 1.82) is 0 Å². The van der Waals surface area contributed by atoms with E-state index in [-0.39, 0.29) is 5.92 Å². The first-order valence-electron chi connectivity index (χ1n) is 6.92. The van der Waals surface area contributed by atoms with E-state index in [1.165, 1.54) is 12.1 Å². The van der Waals surface area contributed by atoms with Crippen molar-refractivity contribution in [3.8, 4) is 0 Å². The second-order valence-electron chi connectivity index (χ2n) is 5.25. The van der Waals surface area contributed by atoms with Crippen LogP contribution in [-0.2, 0) is 6.18 Å². The van der Waals surface area contributed by atoms with Gasteiger partial charge in [-0.25, -0.2) is 0 Å². The Bertz CT molecular complexity index is 414. The van der Waals surface area contributed by atoms with Gasteiger partial charge in [0.25, 0.3) is 0 Å². The summed E-state index contributed by atoms with van der Waals surface area (Å²) in [5.74, 6) is 0.0344. The molecule has 0 saturated heterocycles. The van der Waals surface area contributed by atoms with Crippen LogP contribution < -0.4 is 5.32 Å². The van der Waals surface area contributed by atoms with Gasteiger partial charge < -0.3 is 5.32 Å². The summed E-state index contributed by atoms with van der Waals surface area (Å²) < 4.78 is 39.0. The Morgan fingerprint density at radius 1 is 1.21 bits per heavy atom. The van der Waals surface area contributed by atoms with Gasteiger partial charge in [-0.2, -0.15) is 13.2 Å². The lowest BCUT2D eigenvalue weighted by Crippen LogP contribution is -2.27. The second-order valence-corrected chi connectivity index (χ2v) is 5.25. The van der Waals surface area contributed by atoms with Crippen LogP contribution in [0.2, 0.25) is 0 Å². The molecule has 1 nitrogen and oxygen atoms in total. The number of hydrogen-bond donors (Lipinski definition) is 1. The van der Waals surface area contributed by atoms with Gasteiger partial charge in [0.05, 0.1) is 5.56 Å². The van der Waals surface area contributed by atoms with Crippen molar-refractivity contribution in [3.63, 3.8) is 0 Å². The topological polar surface area (TPSA) is 12.0 Å². The average molecular weight is 271 g/mol. The molecule has 1 saturated carbocycles. The molecule has 0 amide bonds. The molecule has 19 heavy (non-hydrogen) atoms. The number of rotatable bonds is 4. The van der Waals surface area contributed by atoms with E-state index in [1.807, 2.05) is 0 Å². The van der Waals surface area contributed by atoms with E-state index in [9.17, 15) is 13.2 Å². The van der Waals surface area contributed by atoms with Gasteiger partial charge in [-0.1, -0.05) is 25.1 Å². The molecule has 0 spiro atoms. The third kappa shape index (κ3) is 3.50. The Kier molecular flexibility index (Phi) is 4.50. The van der Waals surface area contributed by atoms with Gasteiger partial charge in [-0.15, -0.1) is 0 Å². The monoisotopic (exact) mass is 271 g/mol. The number of benzene rings is 1. The fraction of sp³-hybridized carbons (Fsp3) is 0.600. The molecule has 0 bridgehead atoms. The maximum atomic E-state index is 13.0. The summed E-state index contributed by atoms with van der Waals surface area (Å²) in [4.78, 5) is 0. The lowest BCUT2D eigenvalue weighted by Gasteiger charge is -2.18. The smallest absolute Gasteiger partial charge is 0.314 e. The van der Waals surface area contributed by atoms with Crippen LogP contribution in [0.4, 0.5) is 13.2 Å². The molecule has 0 aliphatic heterocycles. The molecule has 2 unspecified atom stereocenters. The Morgan fingerprint density at radius 2 is 1.95 bits per heavy atom. The Hall–Kier alpha value is -1.03. The van der Waals surface area contributed by atoms with Gasteiger partial charge in [0.2, 0.25) is 0 Å².